The van der Waals surface area contributed by atoms with E-state index in [4.69, 9.17) is 9.47 Å². The molecule has 9 nitrogen and oxygen atoms in total. The van der Waals surface area contributed by atoms with Gasteiger partial charge in [-0.1, -0.05) is 42.5 Å². The third kappa shape index (κ3) is 5.97. The zero-order valence-corrected chi connectivity index (χ0v) is 23.2. The average Bonchev–Trinajstić information content (AvgIpc) is 3.00. The van der Waals surface area contributed by atoms with Crippen molar-refractivity contribution in [3.05, 3.63) is 84.4 Å². The molecule has 210 valence electrons. The molecule has 0 aliphatic carbocycles. The van der Waals surface area contributed by atoms with Crippen molar-refractivity contribution in [2.45, 2.75) is 30.3 Å². The summed E-state index contributed by atoms with van der Waals surface area (Å²) in [4.78, 5) is 28.7. The Balaban J connectivity index is 1.29. The first-order valence-corrected chi connectivity index (χ1v) is 14.8. The first-order chi connectivity index (χ1) is 19.4. The van der Waals surface area contributed by atoms with E-state index in [2.05, 4.69) is 5.32 Å². The molecule has 3 aromatic rings. The predicted molar refractivity (Wildman–Crippen MR) is 151 cm³/mol. The Morgan fingerprint density at radius 1 is 0.975 bits per heavy atom. The fourth-order valence-electron chi connectivity index (χ4n) is 5.15. The summed E-state index contributed by atoms with van der Waals surface area (Å²) in [6.07, 6.45) is 0.915. The minimum Gasteiger partial charge on any atom is -0.497 e. The van der Waals surface area contributed by atoms with Crippen molar-refractivity contribution in [2.24, 2.45) is 5.92 Å². The standard InChI is InChI=1S/C30H33N3O6S/c1-38-24-13-15-25(16-14-24)40(36,37)32-19-7-10-23(20-32)30(35)33-21-28(39-27-12-6-5-11-26(27)33)29(34)31-18-17-22-8-3-2-4-9-22/h2-6,8-9,11-16,23,28H,7,10,17-21H2,1H3,(H,31,34)/t23-,28+/m0/s1. The first kappa shape index (κ1) is 27.7. The molecule has 0 radical (unpaired) electrons. The van der Waals surface area contributed by atoms with Gasteiger partial charge in [0.2, 0.25) is 15.9 Å². The molecule has 2 aliphatic rings. The van der Waals surface area contributed by atoms with E-state index in [1.54, 1.807) is 35.2 Å². The zero-order chi connectivity index (χ0) is 28.1. The molecule has 0 spiro atoms. The predicted octanol–water partition coefficient (Wildman–Crippen LogP) is 3.25. The van der Waals surface area contributed by atoms with E-state index in [1.807, 2.05) is 36.4 Å². The van der Waals surface area contributed by atoms with E-state index in [0.717, 1.165) is 5.56 Å². The lowest BCUT2D eigenvalue weighted by Crippen LogP contribution is -2.54. The highest BCUT2D eigenvalue weighted by atomic mass is 32.2. The van der Waals surface area contributed by atoms with Gasteiger partial charge in [0.25, 0.3) is 5.91 Å². The van der Waals surface area contributed by atoms with Crippen LogP contribution in [0.1, 0.15) is 18.4 Å². The molecular weight excluding hydrogens is 530 g/mol. The van der Waals surface area contributed by atoms with Gasteiger partial charge in [-0.05, 0) is 61.2 Å². The number of anilines is 1. The lowest BCUT2D eigenvalue weighted by Gasteiger charge is -2.38. The number of rotatable bonds is 8. The number of ether oxygens (including phenoxy) is 2. The smallest absolute Gasteiger partial charge is 0.262 e. The second-order valence-electron chi connectivity index (χ2n) is 9.93. The van der Waals surface area contributed by atoms with E-state index < -0.39 is 22.0 Å². The van der Waals surface area contributed by atoms with Crippen LogP contribution >= 0.6 is 0 Å². The van der Waals surface area contributed by atoms with Gasteiger partial charge in [-0.25, -0.2) is 8.42 Å². The van der Waals surface area contributed by atoms with Crippen LogP contribution in [0, 0.1) is 5.92 Å². The van der Waals surface area contributed by atoms with Gasteiger partial charge in [0, 0.05) is 19.6 Å². The summed E-state index contributed by atoms with van der Waals surface area (Å²) in [5.41, 5.74) is 1.69. The molecule has 0 saturated carbocycles. The maximum Gasteiger partial charge on any atom is 0.262 e. The summed E-state index contributed by atoms with van der Waals surface area (Å²) in [5, 5.41) is 2.93. The molecule has 2 atom stereocenters. The fraction of sp³-hybridized carbons (Fsp3) is 0.333. The second kappa shape index (κ2) is 12.1. The summed E-state index contributed by atoms with van der Waals surface area (Å²) in [6, 6.07) is 23.2. The van der Waals surface area contributed by atoms with Gasteiger partial charge in [-0.2, -0.15) is 4.31 Å². The highest BCUT2D eigenvalue weighted by Gasteiger charge is 2.39. The van der Waals surface area contributed by atoms with Crippen LogP contribution in [0.15, 0.2) is 83.8 Å². The summed E-state index contributed by atoms with van der Waals surface area (Å²) >= 11 is 0. The Morgan fingerprint density at radius 2 is 1.70 bits per heavy atom. The van der Waals surface area contributed by atoms with Crippen molar-refractivity contribution in [1.29, 1.82) is 0 Å². The van der Waals surface area contributed by atoms with Gasteiger partial charge in [0.05, 0.1) is 30.2 Å². The summed E-state index contributed by atoms with van der Waals surface area (Å²) in [7, 11) is -2.26. The molecule has 1 N–H and O–H groups in total. The van der Waals surface area contributed by atoms with Gasteiger partial charge in [0.15, 0.2) is 6.10 Å². The normalized spacial score (nSPS) is 19.3. The van der Waals surface area contributed by atoms with Crippen molar-refractivity contribution < 1.29 is 27.5 Å². The van der Waals surface area contributed by atoms with Crippen molar-refractivity contribution in [3.63, 3.8) is 0 Å². The van der Waals surface area contributed by atoms with Crippen LogP contribution in [0.3, 0.4) is 0 Å². The number of nitrogens with zero attached hydrogens (tertiary/aromatic N) is 2. The van der Waals surface area contributed by atoms with E-state index in [-0.39, 0.29) is 29.8 Å². The quantitative estimate of drug-likeness (QED) is 0.451. The fourth-order valence-corrected chi connectivity index (χ4v) is 6.67. The molecular formula is C30H33N3O6S. The molecule has 10 heteroatoms. The van der Waals surface area contributed by atoms with Crippen LogP contribution in [0.4, 0.5) is 5.69 Å². The Bertz CT molecular complexity index is 1450. The SMILES string of the molecule is COc1ccc(S(=O)(=O)N2CCC[C@H](C(=O)N3C[C@H](C(=O)NCCc4ccccc4)Oc4ccccc43)C2)cc1. The van der Waals surface area contributed by atoms with Gasteiger partial charge in [-0.3, -0.25) is 9.59 Å². The van der Waals surface area contributed by atoms with E-state index in [1.165, 1.54) is 23.5 Å². The summed E-state index contributed by atoms with van der Waals surface area (Å²) in [6.45, 7) is 0.902. The molecule has 0 unspecified atom stereocenters. The number of hydrogen-bond donors (Lipinski definition) is 1. The first-order valence-electron chi connectivity index (χ1n) is 13.4. The molecule has 0 bridgehead atoms. The topological polar surface area (TPSA) is 105 Å². The molecule has 3 aromatic carbocycles. The van der Waals surface area contributed by atoms with Gasteiger partial charge in [-0.15, -0.1) is 0 Å². The Kier molecular flexibility index (Phi) is 8.37. The number of nitrogens with one attached hydrogen (secondary N) is 1. The van der Waals surface area contributed by atoms with E-state index in [0.29, 0.717) is 49.5 Å². The van der Waals surface area contributed by atoms with Crippen molar-refractivity contribution >= 4 is 27.5 Å². The molecule has 40 heavy (non-hydrogen) atoms. The van der Waals surface area contributed by atoms with Crippen LogP contribution in [0.5, 0.6) is 11.5 Å². The minimum atomic E-state index is -3.78. The molecule has 2 amide bonds. The molecule has 5 rings (SSSR count). The zero-order valence-electron chi connectivity index (χ0n) is 22.4. The Hall–Kier alpha value is -3.89. The Morgan fingerprint density at radius 3 is 2.45 bits per heavy atom. The lowest BCUT2D eigenvalue weighted by atomic mass is 9.97. The molecule has 1 saturated heterocycles. The Labute approximate surface area is 234 Å². The highest BCUT2D eigenvalue weighted by Crippen LogP contribution is 2.35. The molecule has 2 heterocycles. The second-order valence-corrected chi connectivity index (χ2v) is 11.9. The monoisotopic (exact) mass is 563 g/mol. The number of para-hydroxylation sites is 2. The van der Waals surface area contributed by atoms with E-state index >= 15 is 0 Å². The third-order valence-electron chi connectivity index (χ3n) is 7.32. The van der Waals surface area contributed by atoms with Crippen LogP contribution in [0.25, 0.3) is 0 Å². The number of sulfonamides is 1. The number of hydrogen-bond acceptors (Lipinski definition) is 6. The number of amides is 2. The highest BCUT2D eigenvalue weighted by molar-refractivity contribution is 7.89. The summed E-state index contributed by atoms with van der Waals surface area (Å²) < 4.78 is 39.2. The number of piperidine rings is 1. The van der Waals surface area contributed by atoms with Crippen molar-refractivity contribution in [3.8, 4) is 11.5 Å². The number of fused-ring (bicyclic) bond motifs is 1. The third-order valence-corrected chi connectivity index (χ3v) is 9.20. The average molecular weight is 564 g/mol. The van der Waals surface area contributed by atoms with Crippen LogP contribution < -0.4 is 19.7 Å². The lowest BCUT2D eigenvalue weighted by molar-refractivity contribution is -0.129. The molecule has 2 aliphatic heterocycles. The number of methoxy groups -OCH3 is 1. The number of carbonyl (C=O) groups excluding carboxylic acids is 2. The van der Waals surface area contributed by atoms with Gasteiger partial charge < -0.3 is 19.7 Å². The van der Waals surface area contributed by atoms with Gasteiger partial charge >= 0.3 is 0 Å². The van der Waals surface area contributed by atoms with E-state index in [9.17, 15) is 18.0 Å². The maximum absolute atomic E-state index is 13.9. The largest absolute Gasteiger partial charge is 0.497 e. The van der Waals surface area contributed by atoms with Crippen LogP contribution in [-0.2, 0) is 26.0 Å². The molecule has 1 fully saturated rings. The van der Waals surface area contributed by atoms with Crippen LogP contribution in [-0.4, -0.2) is 63.9 Å². The van der Waals surface area contributed by atoms with Crippen molar-refractivity contribution in [2.75, 3.05) is 38.2 Å². The number of carbonyl (C=O) groups is 2. The van der Waals surface area contributed by atoms with Crippen molar-refractivity contribution in [1.82, 2.24) is 9.62 Å². The molecule has 0 aromatic heterocycles. The minimum absolute atomic E-state index is 0.0503. The maximum atomic E-state index is 13.9. The van der Waals surface area contributed by atoms with Crippen LogP contribution in [0.2, 0.25) is 0 Å². The number of benzene rings is 3. The van der Waals surface area contributed by atoms with Gasteiger partial charge in [0.1, 0.15) is 11.5 Å². The summed E-state index contributed by atoms with van der Waals surface area (Å²) in [5.74, 6) is -0.0445.